The highest BCUT2D eigenvalue weighted by Crippen LogP contribution is 2.42. The first kappa shape index (κ1) is 29.8. The van der Waals surface area contributed by atoms with Crippen molar-refractivity contribution in [1.82, 2.24) is 9.66 Å². The molecule has 214 valence electrons. The number of ether oxygens (including phenoxy) is 2. The number of hydrogen-bond acceptors (Lipinski definition) is 5. The molecule has 0 fully saturated rings. The molecule has 4 aromatic carbocycles. The summed E-state index contributed by atoms with van der Waals surface area (Å²) in [6.45, 7) is 0.241. The van der Waals surface area contributed by atoms with Gasteiger partial charge in [-0.15, -0.1) is 0 Å². The molecule has 0 bridgehead atoms. The van der Waals surface area contributed by atoms with Crippen LogP contribution in [0.3, 0.4) is 0 Å². The number of halogens is 6. The lowest BCUT2D eigenvalue weighted by molar-refractivity contribution is -0.137. The molecule has 1 heterocycles. The summed E-state index contributed by atoms with van der Waals surface area (Å²) in [6, 6.07) is 20.0. The zero-order chi connectivity index (χ0) is 30.0. The van der Waals surface area contributed by atoms with E-state index in [1.165, 1.54) is 25.5 Å². The van der Waals surface area contributed by atoms with E-state index in [4.69, 9.17) is 21.1 Å². The predicted molar refractivity (Wildman–Crippen MR) is 164 cm³/mol. The molecule has 42 heavy (non-hydrogen) atoms. The second-order valence-corrected chi connectivity index (χ2v) is 11.0. The number of methoxy groups -OCH3 is 1. The van der Waals surface area contributed by atoms with Gasteiger partial charge in [-0.1, -0.05) is 48.0 Å². The average Bonchev–Trinajstić information content (AvgIpc) is 2.98. The number of rotatable bonds is 7. The molecule has 1 aromatic heterocycles. The quantitative estimate of drug-likeness (QED) is 0.158. The highest BCUT2D eigenvalue weighted by atomic mass is 79.9. The fourth-order valence-corrected chi connectivity index (χ4v) is 5.15. The van der Waals surface area contributed by atoms with Crippen molar-refractivity contribution in [3.8, 4) is 22.9 Å². The van der Waals surface area contributed by atoms with Crippen molar-refractivity contribution in [2.24, 2.45) is 5.10 Å². The first-order valence-electron chi connectivity index (χ1n) is 12.2. The summed E-state index contributed by atoms with van der Waals surface area (Å²) in [5.74, 6) is 0.749. The molecule has 0 unspecified atom stereocenters. The molecule has 0 N–H and O–H groups in total. The molecule has 0 spiro atoms. The van der Waals surface area contributed by atoms with E-state index >= 15 is 0 Å². The van der Waals surface area contributed by atoms with Crippen LogP contribution in [0.1, 0.15) is 16.7 Å². The van der Waals surface area contributed by atoms with Gasteiger partial charge in [0.2, 0.25) is 0 Å². The van der Waals surface area contributed by atoms with Gasteiger partial charge in [-0.3, -0.25) is 4.79 Å². The van der Waals surface area contributed by atoms with Crippen molar-refractivity contribution in [3.05, 3.63) is 120 Å². The van der Waals surface area contributed by atoms with Crippen LogP contribution in [0.15, 0.2) is 97.7 Å². The van der Waals surface area contributed by atoms with Crippen molar-refractivity contribution >= 4 is 60.6 Å². The number of para-hydroxylation sites is 1. The molecular formula is C30H19Br2ClF3N3O3. The van der Waals surface area contributed by atoms with Gasteiger partial charge < -0.3 is 9.47 Å². The van der Waals surface area contributed by atoms with Crippen LogP contribution in [0.25, 0.3) is 22.3 Å². The maximum atomic E-state index is 13.5. The summed E-state index contributed by atoms with van der Waals surface area (Å²) in [6.07, 6.45) is -3.19. The zero-order valence-corrected chi connectivity index (χ0v) is 25.6. The minimum Gasteiger partial charge on any atom is -0.493 e. The number of alkyl halides is 3. The van der Waals surface area contributed by atoms with Crippen LogP contribution >= 0.6 is 43.5 Å². The molecule has 12 heteroatoms. The van der Waals surface area contributed by atoms with E-state index in [0.29, 0.717) is 36.5 Å². The van der Waals surface area contributed by atoms with Crippen molar-refractivity contribution in [2.45, 2.75) is 12.8 Å². The molecule has 0 aliphatic rings. The lowest BCUT2D eigenvalue weighted by Gasteiger charge is -2.16. The van der Waals surface area contributed by atoms with E-state index in [9.17, 15) is 18.0 Å². The first-order valence-corrected chi connectivity index (χ1v) is 14.2. The Labute approximate surface area is 259 Å². The summed E-state index contributed by atoms with van der Waals surface area (Å²) in [5, 5.41) is 5.25. The Balaban J connectivity index is 1.58. The van der Waals surface area contributed by atoms with Crippen molar-refractivity contribution in [3.63, 3.8) is 0 Å². The number of fused-ring (bicyclic) bond motifs is 1. The maximum Gasteiger partial charge on any atom is 0.416 e. The third-order valence-electron chi connectivity index (χ3n) is 6.19. The van der Waals surface area contributed by atoms with Gasteiger partial charge in [0.05, 0.1) is 34.3 Å². The van der Waals surface area contributed by atoms with Crippen LogP contribution in [-0.4, -0.2) is 23.0 Å². The van der Waals surface area contributed by atoms with E-state index < -0.39 is 17.3 Å². The first-order chi connectivity index (χ1) is 20.1. The highest BCUT2D eigenvalue weighted by Gasteiger charge is 2.31. The second kappa shape index (κ2) is 12.3. The van der Waals surface area contributed by atoms with E-state index in [2.05, 4.69) is 41.9 Å². The summed E-state index contributed by atoms with van der Waals surface area (Å²) >= 11 is 13.0. The Hall–Kier alpha value is -3.67. The van der Waals surface area contributed by atoms with Crippen LogP contribution < -0.4 is 15.0 Å². The molecule has 0 radical (unpaired) electrons. The smallest absolute Gasteiger partial charge is 0.416 e. The molecule has 0 saturated carbocycles. The van der Waals surface area contributed by atoms with Crippen LogP contribution in [0.5, 0.6) is 11.5 Å². The molecule has 6 nitrogen and oxygen atoms in total. The summed E-state index contributed by atoms with van der Waals surface area (Å²) in [4.78, 5) is 18.0. The topological polar surface area (TPSA) is 65.7 Å². The standard InChI is InChI=1S/C30H19Br2ClF3N3O3/c1-41-24-14-19(25(31)26(32)27(24)42-16-17-9-11-21(33)12-10-17)15-37-39-28(18-5-4-6-20(13-18)30(34,35)36)38-23-8-3-2-7-22(23)29(39)40/h2-15H,16H2,1H3. The van der Waals surface area contributed by atoms with Gasteiger partial charge >= 0.3 is 6.18 Å². The minimum absolute atomic E-state index is 0.0499. The highest BCUT2D eigenvalue weighted by molar-refractivity contribution is 9.13. The molecule has 0 atom stereocenters. The maximum absolute atomic E-state index is 13.5. The van der Waals surface area contributed by atoms with E-state index in [-0.39, 0.29) is 23.4 Å². The lowest BCUT2D eigenvalue weighted by Crippen LogP contribution is -2.20. The Morgan fingerprint density at radius 3 is 2.45 bits per heavy atom. The van der Waals surface area contributed by atoms with Crippen LogP contribution in [0, 0.1) is 0 Å². The Morgan fingerprint density at radius 2 is 1.74 bits per heavy atom. The van der Waals surface area contributed by atoms with Crippen LogP contribution in [0.4, 0.5) is 13.2 Å². The molecule has 0 aliphatic heterocycles. The molecular weight excluding hydrogens is 703 g/mol. The van der Waals surface area contributed by atoms with E-state index in [0.717, 1.165) is 22.4 Å². The minimum atomic E-state index is -4.58. The largest absolute Gasteiger partial charge is 0.493 e. The van der Waals surface area contributed by atoms with Gasteiger partial charge in [-0.05, 0) is 79.9 Å². The molecule has 5 rings (SSSR count). The fourth-order valence-electron chi connectivity index (χ4n) is 4.09. The number of hydrogen-bond donors (Lipinski definition) is 0. The monoisotopic (exact) mass is 719 g/mol. The Bertz CT molecular complexity index is 1880. The van der Waals surface area contributed by atoms with Gasteiger partial charge in [-0.25, -0.2) is 4.98 Å². The number of nitrogens with zero attached hydrogens (tertiary/aromatic N) is 3. The van der Waals surface area contributed by atoms with Gasteiger partial charge in [0.1, 0.15) is 6.61 Å². The van der Waals surface area contributed by atoms with Crippen molar-refractivity contribution in [1.29, 1.82) is 0 Å². The van der Waals surface area contributed by atoms with E-state index in [1.807, 2.05) is 12.1 Å². The average molecular weight is 722 g/mol. The lowest BCUT2D eigenvalue weighted by atomic mass is 10.1. The van der Waals surface area contributed by atoms with Gasteiger partial charge in [-0.2, -0.15) is 22.9 Å². The third-order valence-corrected chi connectivity index (χ3v) is 8.58. The predicted octanol–water partition coefficient (Wildman–Crippen LogP) is 8.73. The summed E-state index contributed by atoms with van der Waals surface area (Å²) in [5.41, 5.74) is 0.369. The molecule has 5 aromatic rings. The summed E-state index contributed by atoms with van der Waals surface area (Å²) in [7, 11) is 1.48. The number of benzene rings is 4. The normalized spacial score (nSPS) is 11.8. The van der Waals surface area contributed by atoms with Gasteiger partial charge in [0, 0.05) is 20.6 Å². The number of aromatic nitrogens is 2. The van der Waals surface area contributed by atoms with Crippen molar-refractivity contribution < 1.29 is 22.6 Å². The van der Waals surface area contributed by atoms with Gasteiger partial charge in [0.25, 0.3) is 5.56 Å². The van der Waals surface area contributed by atoms with Gasteiger partial charge in [0.15, 0.2) is 17.3 Å². The zero-order valence-electron chi connectivity index (χ0n) is 21.6. The molecule has 0 amide bonds. The SMILES string of the molecule is COc1cc(C=Nn2c(-c3cccc(C(F)(F)F)c3)nc3ccccc3c2=O)c(Br)c(Br)c1OCc1ccc(Cl)cc1. The third kappa shape index (κ3) is 6.23. The van der Waals surface area contributed by atoms with Crippen molar-refractivity contribution in [2.75, 3.05) is 7.11 Å². The second-order valence-electron chi connectivity index (χ2n) is 8.93. The van der Waals surface area contributed by atoms with Crippen LogP contribution in [0.2, 0.25) is 5.02 Å². The fraction of sp³-hybridized carbons (Fsp3) is 0.100. The Kier molecular flexibility index (Phi) is 8.72. The Morgan fingerprint density at radius 1 is 1.00 bits per heavy atom. The molecule has 0 aliphatic carbocycles. The van der Waals surface area contributed by atoms with E-state index in [1.54, 1.807) is 42.5 Å². The molecule has 0 saturated heterocycles. The summed E-state index contributed by atoms with van der Waals surface area (Å²) < 4.78 is 54.1. The van der Waals surface area contributed by atoms with Crippen LogP contribution in [-0.2, 0) is 12.8 Å².